The molecule has 0 atom stereocenters. The van der Waals surface area contributed by atoms with Gasteiger partial charge < -0.3 is 9.31 Å². The van der Waals surface area contributed by atoms with E-state index in [2.05, 4.69) is 0 Å². The van der Waals surface area contributed by atoms with Gasteiger partial charge in [0.15, 0.2) is 0 Å². The van der Waals surface area contributed by atoms with Crippen LogP contribution < -0.4 is 5.46 Å². The summed E-state index contributed by atoms with van der Waals surface area (Å²) >= 11 is 0. The van der Waals surface area contributed by atoms with Crippen molar-refractivity contribution in [2.24, 2.45) is 0 Å². The first-order valence-electron chi connectivity index (χ1n) is 8.78. The summed E-state index contributed by atoms with van der Waals surface area (Å²) in [6.07, 6.45) is 0.437. The fraction of sp³-hybridized carbons (Fsp3) is 0.647. The molecule has 150 valence electrons. The van der Waals surface area contributed by atoms with E-state index in [1.54, 1.807) is 0 Å². The number of halogens is 3. The molecule has 0 unspecified atom stereocenters. The Balaban J connectivity index is 1.82. The number of alkyl halides is 3. The molecular formula is C17H23BF3NO4S. The maximum absolute atomic E-state index is 12.8. The minimum Gasteiger partial charge on any atom is -0.399 e. The molecule has 1 fully saturated rings. The number of fused-ring (bicyclic) bond motifs is 1. The average molecular weight is 405 g/mol. The van der Waals surface area contributed by atoms with Crippen LogP contribution in [0.15, 0.2) is 18.2 Å². The van der Waals surface area contributed by atoms with Crippen LogP contribution in [-0.4, -0.2) is 49.6 Å². The molecule has 27 heavy (non-hydrogen) atoms. The maximum atomic E-state index is 12.8. The summed E-state index contributed by atoms with van der Waals surface area (Å²) in [5.74, 6) is 0. The Morgan fingerprint density at radius 2 is 1.52 bits per heavy atom. The largest absolute Gasteiger partial charge is 0.511 e. The molecule has 0 amide bonds. The van der Waals surface area contributed by atoms with Gasteiger partial charge in [-0.05, 0) is 57.1 Å². The van der Waals surface area contributed by atoms with Crippen LogP contribution in [0.2, 0.25) is 0 Å². The van der Waals surface area contributed by atoms with Crippen LogP contribution in [0.25, 0.3) is 0 Å². The van der Waals surface area contributed by atoms with Crippen molar-refractivity contribution in [3.05, 3.63) is 29.3 Å². The van der Waals surface area contributed by atoms with Gasteiger partial charge in [0.1, 0.15) is 0 Å². The second-order valence-corrected chi connectivity index (χ2v) is 9.90. The molecule has 0 saturated carbocycles. The van der Waals surface area contributed by atoms with E-state index in [0.717, 1.165) is 16.6 Å². The average Bonchev–Trinajstić information content (AvgIpc) is 2.68. The molecule has 3 rings (SSSR count). The highest BCUT2D eigenvalue weighted by atomic mass is 32.2. The third-order valence-corrected chi connectivity index (χ3v) is 7.28. The van der Waals surface area contributed by atoms with Crippen molar-refractivity contribution in [1.82, 2.24) is 4.31 Å². The standard InChI is InChI=1S/C17H23BF3NO4S/c1-15(2)16(3,4)26-18(25-15)14-6-5-12-7-9-22(10-8-13(12)11-14)27(23,24)17(19,20)21/h5-6,11H,7-10H2,1-4H3. The van der Waals surface area contributed by atoms with Gasteiger partial charge in [-0.1, -0.05) is 18.2 Å². The molecule has 1 saturated heterocycles. The van der Waals surface area contributed by atoms with E-state index in [1.165, 1.54) is 0 Å². The molecule has 10 heteroatoms. The second kappa shape index (κ2) is 6.47. The highest BCUT2D eigenvalue weighted by molar-refractivity contribution is 7.90. The van der Waals surface area contributed by atoms with Crippen molar-refractivity contribution >= 4 is 22.6 Å². The molecule has 0 radical (unpaired) electrons. The predicted molar refractivity (Wildman–Crippen MR) is 96.1 cm³/mol. The summed E-state index contributed by atoms with van der Waals surface area (Å²) in [4.78, 5) is 0. The highest BCUT2D eigenvalue weighted by Gasteiger charge is 2.52. The van der Waals surface area contributed by atoms with Crippen molar-refractivity contribution in [2.75, 3.05) is 13.1 Å². The second-order valence-electron chi connectivity index (χ2n) is 7.97. The van der Waals surface area contributed by atoms with Crippen LogP contribution in [0.5, 0.6) is 0 Å². The van der Waals surface area contributed by atoms with E-state index in [9.17, 15) is 21.6 Å². The zero-order valence-corrected chi connectivity index (χ0v) is 16.6. The van der Waals surface area contributed by atoms with Crippen LogP contribution in [0.3, 0.4) is 0 Å². The fourth-order valence-electron chi connectivity index (χ4n) is 3.24. The van der Waals surface area contributed by atoms with Gasteiger partial charge in [-0.15, -0.1) is 0 Å². The molecule has 0 aromatic heterocycles. The molecule has 2 heterocycles. The van der Waals surface area contributed by atoms with Crippen molar-refractivity contribution < 1.29 is 30.9 Å². The summed E-state index contributed by atoms with van der Waals surface area (Å²) in [6, 6.07) is 5.50. The number of hydrogen-bond donors (Lipinski definition) is 0. The first kappa shape index (κ1) is 20.6. The van der Waals surface area contributed by atoms with Gasteiger partial charge in [0, 0.05) is 13.1 Å². The molecule has 0 bridgehead atoms. The van der Waals surface area contributed by atoms with E-state index >= 15 is 0 Å². The van der Waals surface area contributed by atoms with Crippen LogP contribution in [0.1, 0.15) is 38.8 Å². The van der Waals surface area contributed by atoms with E-state index in [4.69, 9.17) is 9.31 Å². The van der Waals surface area contributed by atoms with Gasteiger partial charge in [0.25, 0.3) is 0 Å². The van der Waals surface area contributed by atoms with Gasteiger partial charge >= 0.3 is 22.7 Å². The Morgan fingerprint density at radius 1 is 1.00 bits per heavy atom. The molecule has 0 aliphatic carbocycles. The van der Waals surface area contributed by atoms with Crippen LogP contribution in [-0.2, 0) is 32.2 Å². The number of nitrogens with zero attached hydrogens (tertiary/aromatic N) is 1. The number of rotatable bonds is 2. The van der Waals surface area contributed by atoms with Gasteiger partial charge in [-0.3, -0.25) is 0 Å². The van der Waals surface area contributed by atoms with Gasteiger partial charge in [0.05, 0.1) is 11.2 Å². The maximum Gasteiger partial charge on any atom is 0.511 e. The first-order valence-corrected chi connectivity index (χ1v) is 10.2. The van der Waals surface area contributed by atoms with Gasteiger partial charge in [-0.2, -0.15) is 17.5 Å². The summed E-state index contributed by atoms with van der Waals surface area (Å²) in [7, 11) is -5.88. The normalized spacial score (nSPS) is 23.1. The summed E-state index contributed by atoms with van der Waals surface area (Å²) in [5, 5.41) is 0. The third kappa shape index (κ3) is 3.64. The first-order chi connectivity index (χ1) is 12.2. The lowest BCUT2D eigenvalue weighted by atomic mass is 9.77. The smallest absolute Gasteiger partial charge is 0.399 e. The molecular weight excluding hydrogens is 382 g/mol. The third-order valence-electron chi connectivity index (χ3n) is 5.65. The molecule has 2 aliphatic rings. The topological polar surface area (TPSA) is 55.8 Å². The monoisotopic (exact) mass is 405 g/mol. The zero-order chi connectivity index (χ0) is 20.3. The van der Waals surface area contributed by atoms with Crippen LogP contribution in [0.4, 0.5) is 13.2 Å². The lowest BCUT2D eigenvalue weighted by Gasteiger charge is -2.32. The van der Waals surface area contributed by atoms with E-state index < -0.39 is 33.9 Å². The van der Waals surface area contributed by atoms with Crippen molar-refractivity contribution in [3.63, 3.8) is 0 Å². The number of hydrogen-bond acceptors (Lipinski definition) is 4. The van der Waals surface area contributed by atoms with Gasteiger partial charge in [0.2, 0.25) is 0 Å². The minimum absolute atomic E-state index is 0.190. The molecule has 1 aromatic carbocycles. The molecule has 1 aromatic rings. The Morgan fingerprint density at radius 3 is 2.04 bits per heavy atom. The number of benzene rings is 1. The predicted octanol–water partition coefficient (Wildman–Crippen LogP) is 2.24. The zero-order valence-electron chi connectivity index (χ0n) is 15.8. The molecule has 5 nitrogen and oxygen atoms in total. The minimum atomic E-state index is -5.31. The van der Waals surface area contributed by atoms with Crippen molar-refractivity contribution in [1.29, 1.82) is 0 Å². The lowest BCUT2D eigenvalue weighted by molar-refractivity contribution is -0.0488. The molecule has 0 N–H and O–H groups in total. The molecule has 0 spiro atoms. The Kier molecular flexibility index (Phi) is 4.94. The Hall–Kier alpha value is -1.10. The quantitative estimate of drug-likeness (QED) is 0.709. The van der Waals surface area contributed by atoms with Crippen LogP contribution >= 0.6 is 0 Å². The summed E-state index contributed by atoms with van der Waals surface area (Å²) in [5.41, 5.74) is -3.83. The van der Waals surface area contributed by atoms with Crippen LogP contribution in [0, 0.1) is 0 Å². The Bertz CT molecular complexity index is 823. The van der Waals surface area contributed by atoms with Crippen molar-refractivity contribution in [3.8, 4) is 0 Å². The van der Waals surface area contributed by atoms with E-state index in [-0.39, 0.29) is 25.9 Å². The van der Waals surface area contributed by atoms with Gasteiger partial charge in [-0.25, -0.2) is 8.42 Å². The van der Waals surface area contributed by atoms with Crippen molar-refractivity contribution in [2.45, 2.75) is 57.2 Å². The summed E-state index contributed by atoms with van der Waals surface area (Å²) in [6.45, 7) is 7.37. The molecule has 2 aliphatic heterocycles. The highest BCUT2D eigenvalue weighted by Crippen LogP contribution is 2.36. The van der Waals surface area contributed by atoms with E-state index in [0.29, 0.717) is 4.31 Å². The SMILES string of the molecule is CC1(C)OB(c2ccc3c(c2)CCN(S(=O)(=O)C(F)(F)F)CC3)OC1(C)C. The fourth-order valence-corrected chi connectivity index (χ4v) is 4.19. The lowest BCUT2D eigenvalue weighted by Crippen LogP contribution is -2.42. The Labute approximate surface area is 158 Å². The van der Waals surface area contributed by atoms with E-state index in [1.807, 2.05) is 45.9 Å². The summed E-state index contributed by atoms with van der Waals surface area (Å²) < 4.78 is 74.4. The number of sulfonamides is 1.